The molecule has 0 amide bonds. The van der Waals surface area contributed by atoms with Gasteiger partial charge in [0, 0.05) is 29.5 Å². The van der Waals surface area contributed by atoms with Crippen LogP contribution in [0.4, 0.5) is 4.39 Å². The summed E-state index contributed by atoms with van der Waals surface area (Å²) < 4.78 is 14.1. The molecular formula is C31H42FN3. The fourth-order valence-corrected chi connectivity index (χ4v) is 4.92. The highest BCUT2D eigenvalue weighted by Gasteiger charge is 2.26. The summed E-state index contributed by atoms with van der Waals surface area (Å²) in [7, 11) is 0. The van der Waals surface area contributed by atoms with Crippen LogP contribution in [0.25, 0.3) is 0 Å². The second kappa shape index (κ2) is 10.2. The van der Waals surface area contributed by atoms with Gasteiger partial charge in [-0.2, -0.15) is 0 Å². The van der Waals surface area contributed by atoms with Crippen LogP contribution in [0.5, 0.6) is 0 Å². The largest absolute Gasteiger partial charge is 0.262 e. The maximum absolute atomic E-state index is 14.1. The van der Waals surface area contributed by atoms with Gasteiger partial charge in [-0.05, 0) is 96.2 Å². The molecule has 0 aromatic carbocycles. The predicted molar refractivity (Wildman–Crippen MR) is 143 cm³/mol. The number of nitrogens with zero attached hydrogens (tertiary/aromatic N) is 3. The third kappa shape index (κ3) is 7.19. The van der Waals surface area contributed by atoms with E-state index in [9.17, 15) is 4.39 Å². The van der Waals surface area contributed by atoms with Crippen LogP contribution in [-0.2, 0) is 30.1 Å². The van der Waals surface area contributed by atoms with Gasteiger partial charge in [0.1, 0.15) is 5.82 Å². The first-order valence-electron chi connectivity index (χ1n) is 12.7. The van der Waals surface area contributed by atoms with Crippen LogP contribution in [0.15, 0.2) is 42.9 Å². The van der Waals surface area contributed by atoms with E-state index < -0.39 is 0 Å². The van der Waals surface area contributed by atoms with E-state index in [2.05, 4.69) is 85.5 Å². The molecule has 0 unspecified atom stereocenters. The fourth-order valence-electron chi connectivity index (χ4n) is 4.92. The van der Waals surface area contributed by atoms with E-state index in [4.69, 9.17) is 9.97 Å². The van der Waals surface area contributed by atoms with Gasteiger partial charge in [0.15, 0.2) is 0 Å². The fraction of sp³-hybridized carbons (Fsp3) is 0.516. The highest BCUT2D eigenvalue weighted by atomic mass is 19.1. The third-order valence-electron chi connectivity index (χ3n) is 6.97. The van der Waals surface area contributed by atoms with E-state index in [0.29, 0.717) is 6.42 Å². The molecule has 3 rings (SSSR count). The molecule has 0 bridgehead atoms. The highest BCUT2D eigenvalue weighted by Crippen LogP contribution is 2.33. The summed E-state index contributed by atoms with van der Waals surface area (Å²) in [4.78, 5) is 13.4. The van der Waals surface area contributed by atoms with Crippen molar-refractivity contribution < 1.29 is 4.39 Å². The number of pyridine rings is 3. The van der Waals surface area contributed by atoms with Crippen molar-refractivity contribution in [3.8, 4) is 0 Å². The van der Waals surface area contributed by atoms with Crippen molar-refractivity contribution >= 4 is 0 Å². The topological polar surface area (TPSA) is 38.7 Å². The average Bonchev–Trinajstić information content (AvgIpc) is 2.74. The molecule has 0 saturated carbocycles. The Balaban J connectivity index is 1.77. The SMILES string of the molecule is Cc1cc(C(C)(C)Cc2cnc(C)c(C(C)(C)C)c2)cc(CCC(C)(C)Cc2ccncc2F)n1. The van der Waals surface area contributed by atoms with E-state index in [-0.39, 0.29) is 22.1 Å². The van der Waals surface area contributed by atoms with Gasteiger partial charge in [-0.1, -0.05) is 54.5 Å². The van der Waals surface area contributed by atoms with Crippen molar-refractivity contribution in [2.24, 2.45) is 5.41 Å². The summed E-state index contributed by atoms with van der Waals surface area (Å²) in [5.41, 5.74) is 7.84. The molecule has 3 heterocycles. The zero-order chi connectivity index (χ0) is 26.0. The van der Waals surface area contributed by atoms with Crippen LogP contribution < -0.4 is 0 Å². The molecule has 0 aliphatic heterocycles. The van der Waals surface area contributed by atoms with Crippen molar-refractivity contribution in [3.63, 3.8) is 0 Å². The second-order valence-corrected chi connectivity index (χ2v) is 12.6. The van der Waals surface area contributed by atoms with Crippen molar-refractivity contribution in [1.82, 2.24) is 15.0 Å². The lowest BCUT2D eigenvalue weighted by molar-refractivity contribution is 0.326. The number of aromatic nitrogens is 3. The van der Waals surface area contributed by atoms with Crippen LogP contribution in [0.2, 0.25) is 0 Å². The Hall–Kier alpha value is -2.62. The quantitative estimate of drug-likeness (QED) is 0.336. The van der Waals surface area contributed by atoms with Crippen LogP contribution in [0.1, 0.15) is 94.2 Å². The Bertz CT molecular complexity index is 1170. The number of aryl methyl sites for hydroxylation is 3. The summed E-state index contributed by atoms with van der Waals surface area (Å²) in [5, 5.41) is 0. The van der Waals surface area contributed by atoms with Gasteiger partial charge in [0.25, 0.3) is 0 Å². The van der Waals surface area contributed by atoms with Crippen molar-refractivity contribution in [1.29, 1.82) is 0 Å². The molecule has 3 aromatic heterocycles. The first kappa shape index (κ1) is 27.0. The number of hydrogen-bond donors (Lipinski definition) is 0. The van der Waals surface area contributed by atoms with E-state index in [0.717, 1.165) is 41.9 Å². The summed E-state index contributed by atoms with van der Waals surface area (Å²) in [6.45, 7) is 19.9. The minimum Gasteiger partial charge on any atom is -0.262 e. The van der Waals surface area contributed by atoms with Crippen LogP contribution in [0.3, 0.4) is 0 Å². The molecule has 0 aliphatic carbocycles. The summed E-state index contributed by atoms with van der Waals surface area (Å²) >= 11 is 0. The first-order valence-corrected chi connectivity index (χ1v) is 12.7. The Kier molecular flexibility index (Phi) is 7.83. The minimum absolute atomic E-state index is 0.0414. The first-order chi connectivity index (χ1) is 16.2. The Morgan fingerprint density at radius 3 is 2.26 bits per heavy atom. The van der Waals surface area contributed by atoms with E-state index in [1.54, 1.807) is 12.3 Å². The zero-order valence-corrected chi connectivity index (χ0v) is 23.1. The molecule has 0 spiro atoms. The molecule has 3 nitrogen and oxygen atoms in total. The number of hydrogen-bond acceptors (Lipinski definition) is 3. The highest BCUT2D eigenvalue weighted by molar-refractivity contribution is 5.34. The van der Waals surface area contributed by atoms with Gasteiger partial charge in [0.05, 0.1) is 6.20 Å². The normalized spacial score (nSPS) is 12.7. The average molecular weight is 476 g/mol. The van der Waals surface area contributed by atoms with Crippen molar-refractivity contribution in [2.75, 3.05) is 0 Å². The van der Waals surface area contributed by atoms with Crippen molar-refractivity contribution in [2.45, 2.75) is 98.8 Å². The Morgan fingerprint density at radius 1 is 0.886 bits per heavy atom. The lowest BCUT2D eigenvalue weighted by Gasteiger charge is -2.28. The third-order valence-corrected chi connectivity index (χ3v) is 6.97. The van der Waals surface area contributed by atoms with E-state index in [1.807, 2.05) is 6.20 Å². The van der Waals surface area contributed by atoms with Gasteiger partial charge in [0.2, 0.25) is 0 Å². The summed E-state index contributed by atoms with van der Waals surface area (Å²) in [5.74, 6) is -0.224. The molecule has 35 heavy (non-hydrogen) atoms. The molecule has 0 aliphatic rings. The summed E-state index contributed by atoms with van der Waals surface area (Å²) in [6.07, 6.45) is 8.39. The number of rotatable bonds is 8. The molecule has 0 radical (unpaired) electrons. The lowest BCUT2D eigenvalue weighted by atomic mass is 9.77. The smallest absolute Gasteiger partial charge is 0.144 e. The van der Waals surface area contributed by atoms with Crippen LogP contribution >= 0.6 is 0 Å². The molecule has 0 N–H and O–H groups in total. The Morgan fingerprint density at radius 2 is 1.60 bits per heavy atom. The number of halogens is 1. The molecule has 188 valence electrons. The van der Waals surface area contributed by atoms with Gasteiger partial charge >= 0.3 is 0 Å². The molecular weight excluding hydrogens is 433 g/mol. The van der Waals surface area contributed by atoms with Crippen LogP contribution in [-0.4, -0.2) is 15.0 Å². The van der Waals surface area contributed by atoms with Gasteiger partial charge < -0.3 is 0 Å². The Labute approximate surface area is 211 Å². The summed E-state index contributed by atoms with van der Waals surface area (Å²) in [6, 6.07) is 8.60. The monoisotopic (exact) mass is 475 g/mol. The maximum atomic E-state index is 14.1. The van der Waals surface area contributed by atoms with Gasteiger partial charge in [-0.3, -0.25) is 15.0 Å². The van der Waals surface area contributed by atoms with Crippen LogP contribution in [0, 0.1) is 25.1 Å². The minimum atomic E-state index is -0.224. The predicted octanol–water partition coefficient (Wildman–Crippen LogP) is 7.65. The van der Waals surface area contributed by atoms with Gasteiger partial charge in [-0.25, -0.2) is 4.39 Å². The maximum Gasteiger partial charge on any atom is 0.144 e. The molecule has 0 saturated heterocycles. The molecule has 0 atom stereocenters. The van der Waals surface area contributed by atoms with E-state index >= 15 is 0 Å². The zero-order valence-electron chi connectivity index (χ0n) is 23.1. The van der Waals surface area contributed by atoms with E-state index in [1.165, 1.54) is 22.9 Å². The second-order valence-electron chi connectivity index (χ2n) is 12.6. The van der Waals surface area contributed by atoms with Gasteiger partial charge in [-0.15, -0.1) is 0 Å². The standard InChI is InChI=1S/C31H42FN3/c1-21-14-25(31(8,9)17-23-15-27(29(3,4)5)22(2)34-19-23)16-26(35-21)10-12-30(6,7)18-24-11-13-33-20-28(24)32/h11,13-16,19-20H,10,12,17-18H2,1-9H3. The molecule has 3 aromatic rings. The van der Waals surface area contributed by atoms with Crippen molar-refractivity contribution in [3.05, 3.63) is 88.0 Å². The molecule has 0 fully saturated rings. The lowest BCUT2D eigenvalue weighted by Crippen LogP contribution is -2.23. The molecule has 4 heteroatoms.